The lowest BCUT2D eigenvalue weighted by Gasteiger charge is -2.21. The molecule has 0 aromatic heterocycles. The highest BCUT2D eigenvalue weighted by Crippen LogP contribution is 2.09. The molecule has 1 fully saturated rings. The van der Waals surface area contributed by atoms with Gasteiger partial charge in [0.25, 0.3) is 0 Å². The number of alkyl carbamates (subject to hydrolysis) is 1. The third-order valence-corrected chi connectivity index (χ3v) is 2.95. The molecular formula is C14H27N3O4. The molecular weight excluding hydrogens is 274 g/mol. The van der Waals surface area contributed by atoms with Crippen molar-refractivity contribution in [1.82, 2.24) is 15.5 Å². The highest BCUT2D eigenvalue weighted by Gasteiger charge is 2.22. The van der Waals surface area contributed by atoms with E-state index in [9.17, 15) is 14.7 Å². The number of amides is 2. The second-order valence-corrected chi connectivity index (χ2v) is 6.23. The van der Waals surface area contributed by atoms with Gasteiger partial charge >= 0.3 is 6.09 Å². The molecule has 0 saturated carbocycles. The first-order valence-electron chi connectivity index (χ1n) is 7.41. The number of likely N-dealkylation sites (tertiary alicyclic amines) is 1. The molecule has 0 aromatic rings. The van der Waals surface area contributed by atoms with Crippen LogP contribution in [0.5, 0.6) is 0 Å². The standard InChI is InChI=1S/C14H27N3O4/c1-14(2,3)21-13(20)16-7-6-15-9-11(18)10-17-8-4-5-12(17)19/h11,15,18H,4-10H2,1-3H3,(H,16,20)/t11-/m0/s1. The van der Waals surface area contributed by atoms with Crippen LogP contribution in [0.1, 0.15) is 33.6 Å². The minimum Gasteiger partial charge on any atom is -0.444 e. The second-order valence-electron chi connectivity index (χ2n) is 6.23. The number of hydrogen-bond donors (Lipinski definition) is 3. The van der Waals surface area contributed by atoms with Crippen molar-refractivity contribution in [2.75, 3.05) is 32.7 Å². The zero-order valence-electron chi connectivity index (χ0n) is 13.1. The SMILES string of the molecule is CC(C)(C)OC(=O)NCCNC[C@H](O)CN1CCCC1=O. The van der Waals surface area contributed by atoms with Gasteiger partial charge in [0.2, 0.25) is 5.91 Å². The number of β-amino-alcohol motifs (C(OH)–C–C–N with tert-alkyl or cyclic N) is 1. The van der Waals surface area contributed by atoms with Gasteiger partial charge < -0.3 is 25.4 Å². The van der Waals surface area contributed by atoms with Crippen molar-refractivity contribution in [3.05, 3.63) is 0 Å². The molecule has 1 aliphatic heterocycles. The van der Waals surface area contributed by atoms with Gasteiger partial charge in [-0.2, -0.15) is 0 Å². The minimum absolute atomic E-state index is 0.112. The molecule has 7 nitrogen and oxygen atoms in total. The van der Waals surface area contributed by atoms with Crippen LogP contribution in [0, 0.1) is 0 Å². The molecule has 1 rings (SSSR count). The average molecular weight is 301 g/mol. The Morgan fingerprint density at radius 1 is 1.43 bits per heavy atom. The van der Waals surface area contributed by atoms with Gasteiger partial charge in [-0.05, 0) is 27.2 Å². The maximum atomic E-state index is 11.4. The van der Waals surface area contributed by atoms with E-state index >= 15 is 0 Å². The largest absolute Gasteiger partial charge is 0.444 e. The summed E-state index contributed by atoms with van der Waals surface area (Å²) in [5, 5.41) is 15.5. The Balaban J connectivity index is 2.03. The van der Waals surface area contributed by atoms with Gasteiger partial charge in [-0.15, -0.1) is 0 Å². The van der Waals surface area contributed by atoms with Crippen molar-refractivity contribution < 1.29 is 19.4 Å². The van der Waals surface area contributed by atoms with E-state index < -0.39 is 17.8 Å². The van der Waals surface area contributed by atoms with E-state index in [4.69, 9.17) is 4.74 Å². The van der Waals surface area contributed by atoms with E-state index in [0.717, 1.165) is 13.0 Å². The van der Waals surface area contributed by atoms with E-state index in [1.165, 1.54) is 0 Å². The fourth-order valence-electron chi connectivity index (χ4n) is 2.05. The minimum atomic E-state index is -0.589. The van der Waals surface area contributed by atoms with Gasteiger partial charge in [0.05, 0.1) is 6.10 Å². The Morgan fingerprint density at radius 2 is 2.14 bits per heavy atom. The molecule has 21 heavy (non-hydrogen) atoms. The van der Waals surface area contributed by atoms with Crippen LogP contribution in [0.25, 0.3) is 0 Å². The number of nitrogens with zero attached hydrogens (tertiary/aromatic N) is 1. The van der Waals surface area contributed by atoms with Gasteiger partial charge in [0, 0.05) is 39.1 Å². The van der Waals surface area contributed by atoms with Crippen LogP contribution in [0.15, 0.2) is 0 Å². The molecule has 0 spiro atoms. The van der Waals surface area contributed by atoms with E-state index in [1.807, 2.05) is 0 Å². The highest BCUT2D eigenvalue weighted by molar-refractivity contribution is 5.78. The normalized spacial score (nSPS) is 17.0. The number of aliphatic hydroxyl groups is 1. The molecule has 2 amide bonds. The molecule has 1 saturated heterocycles. The molecule has 0 aromatic carbocycles. The number of ether oxygens (including phenoxy) is 1. The van der Waals surface area contributed by atoms with Crippen LogP contribution in [-0.4, -0.2) is 66.4 Å². The maximum Gasteiger partial charge on any atom is 0.407 e. The van der Waals surface area contributed by atoms with Crippen LogP contribution >= 0.6 is 0 Å². The van der Waals surface area contributed by atoms with Gasteiger partial charge in [-0.3, -0.25) is 4.79 Å². The van der Waals surface area contributed by atoms with E-state index in [2.05, 4.69) is 10.6 Å². The summed E-state index contributed by atoms with van der Waals surface area (Å²) >= 11 is 0. The Bertz CT molecular complexity index is 355. The Kier molecular flexibility index (Phi) is 6.91. The number of rotatable bonds is 7. The molecule has 7 heteroatoms. The molecule has 0 bridgehead atoms. The van der Waals surface area contributed by atoms with Crippen molar-refractivity contribution in [1.29, 1.82) is 0 Å². The molecule has 122 valence electrons. The van der Waals surface area contributed by atoms with Crippen molar-refractivity contribution in [2.45, 2.75) is 45.3 Å². The summed E-state index contributed by atoms with van der Waals surface area (Å²) in [5.74, 6) is 0.112. The first-order chi connectivity index (χ1) is 9.78. The van der Waals surface area contributed by atoms with E-state index in [1.54, 1.807) is 25.7 Å². The van der Waals surface area contributed by atoms with Crippen molar-refractivity contribution in [3.63, 3.8) is 0 Å². The highest BCUT2D eigenvalue weighted by atomic mass is 16.6. The first-order valence-corrected chi connectivity index (χ1v) is 7.41. The number of hydrogen-bond acceptors (Lipinski definition) is 5. The predicted molar refractivity (Wildman–Crippen MR) is 78.9 cm³/mol. The smallest absolute Gasteiger partial charge is 0.407 e. The van der Waals surface area contributed by atoms with E-state index in [-0.39, 0.29) is 5.91 Å². The zero-order valence-corrected chi connectivity index (χ0v) is 13.1. The summed E-state index contributed by atoms with van der Waals surface area (Å²) in [5.41, 5.74) is -0.504. The lowest BCUT2D eigenvalue weighted by Crippen LogP contribution is -2.41. The fourth-order valence-corrected chi connectivity index (χ4v) is 2.05. The molecule has 0 radical (unpaired) electrons. The van der Waals surface area contributed by atoms with Gasteiger partial charge in [0.15, 0.2) is 0 Å². The average Bonchev–Trinajstić information content (AvgIpc) is 2.72. The van der Waals surface area contributed by atoms with Crippen LogP contribution < -0.4 is 10.6 Å². The first kappa shape index (κ1) is 17.7. The number of carbonyl (C=O) groups excluding carboxylic acids is 2. The lowest BCUT2D eigenvalue weighted by molar-refractivity contribution is -0.128. The fraction of sp³-hybridized carbons (Fsp3) is 0.857. The summed E-state index contributed by atoms with van der Waals surface area (Å²) < 4.78 is 5.09. The number of nitrogens with one attached hydrogen (secondary N) is 2. The Labute approximate surface area is 126 Å². The molecule has 0 aliphatic carbocycles. The summed E-state index contributed by atoms with van der Waals surface area (Å²) in [6.07, 6.45) is 0.416. The summed E-state index contributed by atoms with van der Waals surface area (Å²) in [6, 6.07) is 0. The number of carbonyl (C=O) groups is 2. The third-order valence-electron chi connectivity index (χ3n) is 2.95. The van der Waals surface area contributed by atoms with Crippen LogP contribution in [0.3, 0.4) is 0 Å². The van der Waals surface area contributed by atoms with Crippen LogP contribution in [0.4, 0.5) is 4.79 Å². The second kappa shape index (κ2) is 8.19. The maximum absolute atomic E-state index is 11.4. The zero-order chi connectivity index (χ0) is 15.9. The molecule has 1 aliphatic rings. The molecule has 3 N–H and O–H groups in total. The summed E-state index contributed by atoms with van der Waals surface area (Å²) in [6.45, 7) is 7.86. The number of aliphatic hydroxyl groups excluding tert-OH is 1. The van der Waals surface area contributed by atoms with Gasteiger partial charge in [-0.25, -0.2) is 4.79 Å². The molecule has 0 unspecified atom stereocenters. The predicted octanol–water partition coefficient (Wildman–Crippen LogP) is 0.0840. The lowest BCUT2D eigenvalue weighted by atomic mass is 10.2. The summed E-state index contributed by atoms with van der Waals surface area (Å²) in [7, 11) is 0. The Hall–Kier alpha value is -1.34. The third kappa shape index (κ3) is 7.87. The van der Waals surface area contributed by atoms with Crippen molar-refractivity contribution >= 4 is 12.0 Å². The summed E-state index contributed by atoms with van der Waals surface area (Å²) in [4.78, 5) is 24.5. The topological polar surface area (TPSA) is 90.9 Å². The molecule has 1 atom stereocenters. The van der Waals surface area contributed by atoms with E-state index in [0.29, 0.717) is 32.6 Å². The van der Waals surface area contributed by atoms with Crippen LogP contribution in [0.2, 0.25) is 0 Å². The van der Waals surface area contributed by atoms with Crippen molar-refractivity contribution in [2.24, 2.45) is 0 Å². The quantitative estimate of drug-likeness (QED) is 0.580. The van der Waals surface area contributed by atoms with Crippen molar-refractivity contribution in [3.8, 4) is 0 Å². The van der Waals surface area contributed by atoms with Gasteiger partial charge in [-0.1, -0.05) is 0 Å². The monoisotopic (exact) mass is 301 g/mol. The molecule has 1 heterocycles. The van der Waals surface area contributed by atoms with Crippen LogP contribution in [-0.2, 0) is 9.53 Å². The van der Waals surface area contributed by atoms with Gasteiger partial charge in [0.1, 0.15) is 5.60 Å². The Morgan fingerprint density at radius 3 is 2.71 bits per heavy atom.